The molecule has 0 aliphatic carbocycles. The fraction of sp³-hybridized carbons (Fsp3) is 0.333. The van der Waals surface area contributed by atoms with E-state index in [1.54, 1.807) is 6.20 Å². The molecule has 0 aromatic carbocycles. The maximum atomic E-state index is 5.16. The molecule has 2 rings (SSSR count). The SMILES string of the molecule is Cc1nccc(-c2nc(=S)cc(C(C)C)[nH]2)n1. The van der Waals surface area contributed by atoms with Gasteiger partial charge in [0.05, 0.1) is 0 Å². The quantitative estimate of drug-likeness (QED) is 0.827. The fourth-order valence-corrected chi connectivity index (χ4v) is 1.71. The van der Waals surface area contributed by atoms with Gasteiger partial charge in [0.1, 0.15) is 16.2 Å². The zero-order valence-corrected chi connectivity index (χ0v) is 10.9. The summed E-state index contributed by atoms with van der Waals surface area (Å²) in [6.45, 7) is 6.07. The van der Waals surface area contributed by atoms with Crippen LogP contribution in [0, 0.1) is 11.6 Å². The van der Waals surface area contributed by atoms with Gasteiger partial charge in [-0.25, -0.2) is 15.0 Å². The van der Waals surface area contributed by atoms with Gasteiger partial charge < -0.3 is 4.98 Å². The topological polar surface area (TPSA) is 54.5 Å². The highest BCUT2D eigenvalue weighted by molar-refractivity contribution is 7.71. The van der Waals surface area contributed by atoms with Crippen molar-refractivity contribution in [3.8, 4) is 11.5 Å². The molecular formula is C12H14N4S. The van der Waals surface area contributed by atoms with Crippen LogP contribution >= 0.6 is 12.2 Å². The Kier molecular flexibility index (Phi) is 3.28. The summed E-state index contributed by atoms with van der Waals surface area (Å²) in [4.78, 5) is 16.0. The van der Waals surface area contributed by atoms with Gasteiger partial charge in [-0.15, -0.1) is 0 Å². The molecule has 0 spiro atoms. The van der Waals surface area contributed by atoms with Gasteiger partial charge in [-0.2, -0.15) is 0 Å². The number of H-pyrrole nitrogens is 1. The lowest BCUT2D eigenvalue weighted by Gasteiger charge is -2.08. The zero-order chi connectivity index (χ0) is 12.4. The third kappa shape index (κ3) is 2.74. The highest BCUT2D eigenvalue weighted by Gasteiger charge is 2.06. The third-order valence-electron chi connectivity index (χ3n) is 2.40. The van der Waals surface area contributed by atoms with Crippen molar-refractivity contribution in [1.82, 2.24) is 19.9 Å². The Balaban J connectivity index is 2.56. The lowest BCUT2D eigenvalue weighted by molar-refractivity contribution is 0.813. The fourth-order valence-electron chi connectivity index (χ4n) is 1.50. The highest BCUT2D eigenvalue weighted by Crippen LogP contribution is 2.16. The summed E-state index contributed by atoms with van der Waals surface area (Å²) in [6, 6.07) is 3.71. The lowest BCUT2D eigenvalue weighted by atomic mass is 10.1. The average Bonchev–Trinajstić information content (AvgIpc) is 2.28. The molecule has 0 unspecified atom stereocenters. The molecule has 2 aromatic heterocycles. The number of rotatable bonds is 2. The first-order chi connectivity index (χ1) is 8.06. The van der Waals surface area contributed by atoms with Crippen LogP contribution in [-0.2, 0) is 0 Å². The van der Waals surface area contributed by atoms with Crippen LogP contribution in [0.15, 0.2) is 18.3 Å². The molecule has 0 saturated heterocycles. The summed E-state index contributed by atoms with van der Waals surface area (Å²) in [5.74, 6) is 1.80. The van der Waals surface area contributed by atoms with E-state index in [1.165, 1.54) is 0 Å². The summed E-state index contributed by atoms with van der Waals surface area (Å²) >= 11 is 5.16. The molecule has 0 radical (unpaired) electrons. The van der Waals surface area contributed by atoms with E-state index in [-0.39, 0.29) is 0 Å². The first kappa shape index (κ1) is 11.9. The molecule has 0 saturated carbocycles. The highest BCUT2D eigenvalue weighted by atomic mass is 32.1. The van der Waals surface area contributed by atoms with Crippen LogP contribution < -0.4 is 0 Å². The molecule has 0 amide bonds. The van der Waals surface area contributed by atoms with Crippen molar-refractivity contribution in [1.29, 1.82) is 0 Å². The van der Waals surface area contributed by atoms with Crippen LogP contribution in [0.25, 0.3) is 11.5 Å². The number of aromatic nitrogens is 4. The van der Waals surface area contributed by atoms with Crippen LogP contribution in [-0.4, -0.2) is 19.9 Å². The van der Waals surface area contributed by atoms with E-state index in [9.17, 15) is 0 Å². The Morgan fingerprint density at radius 1 is 1.29 bits per heavy atom. The monoisotopic (exact) mass is 246 g/mol. The Bertz CT molecular complexity index is 589. The molecule has 0 aliphatic heterocycles. The minimum Gasteiger partial charge on any atom is -0.342 e. The summed E-state index contributed by atoms with van der Waals surface area (Å²) < 4.78 is 0.582. The third-order valence-corrected chi connectivity index (χ3v) is 2.61. The van der Waals surface area contributed by atoms with E-state index < -0.39 is 0 Å². The molecular weight excluding hydrogens is 232 g/mol. The van der Waals surface area contributed by atoms with E-state index >= 15 is 0 Å². The van der Waals surface area contributed by atoms with Gasteiger partial charge in [-0.3, -0.25) is 0 Å². The maximum absolute atomic E-state index is 5.16. The number of hydrogen-bond donors (Lipinski definition) is 1. The molecule has 4 nitrogen and oxygen atoms in total. The molecule has 17 heavy (non-hydrogen) atoms. The van der Waals surface area contributed by atoms with Crippen molar-refractivity contribution >= 4 is 12.2 Å². The standard InChI is InChI=1S/C12H14N4S/c1-7(2)10-6-11(17)16-12(15-10)9-4-5-13-8(3)14-9/h4-7H,1-3H3,(H,15,16,17). The van der Waals surface area contributed by atoms with Gasteiger partial charge >= 0.3 is 0 Å². The van der Waals surface area contributed by atoms with Crippen LogP contribution in [0.4, 0.5) is 0 Å². The van der Waals surface area contributed by atoms with E-state index in [0.29, 0.717) is 16.4 Å². The predicted molar refractivity (Wildman–Crippen MR) is 69.3 cm³/mol. The van der Waals surface area contributed by atoms with Crippen molar-refractivity contribution in [2.45, 2.75) is 26.7 Å². The molecule has 88 valence electrons. The van der Waals surface area contributed by atoms with E-state index in [1.807, 2.05) is 19.1 Å². The van der Waals surface area contributed by atoms with Gasteiger partial charge in [-0.05, 0) is 25.0 Å². The van der Waals surface area contributed by atoms with Crippen LogP contribution in [0.3, 0.4) is 0 Å². The van der Waals surface area contributed by atoms with E-state index in [2.05, 4.69) is 33.8 Å². The Morgan fingerprint density at radius 3 is 2.71 bits per heavy atom. The largest absolute Gasteiger partial charge is 0.342 e. The second kappa shape index (κ2) is 4.71. The molecule has 0 fully saturated rings. The van der Waals surface area contributed by atoms with Crippen molar-refractivity contribution in [2.75, 3.05) is 0 Å². The number of aromatic amines is 1. The van der Waals surface area contributed by atoms with Crippen LogP contribution in [0.2, 0.25) is 0 Å². The normalized spacial score (nSPS) is 10.8. The second-order valence-corrected chi connectivity index (χ2v) is 4.59. The number of hydrogen-bond acceptors (Lipinski definition) is 4. The Labute approximate surface area is 105 Å². The summed E-state index contributed by atoms with van der Waals surface area (Å²) in [7, 11) is 0. The minimum atomic E-state index is 0.376. The maximum Gasteiger partial charge on any atom is 0.157 e. The van der Waals surface area contributed by atoms with Crippen LogP contribution in [0.5, 0.6) is 0 Å². The van der Waals surface area contributed by atoms with Gasteiger partial charge in [0.2, 0.25) is 0 Å². The first-order valence-corrected chi connectivity index (χ1v) is 5.88. The molecule has 0 aliphatic rings. The zero-order valence-electron chi connectivity index (χ0n) is 10.1. The second-order valence-electron chi connectivity index (χ2n) is 4.17. The van der Waals surface area contributed by atoms with Crippen LogP contribution in [0.1, 0.15) is 31.3 Å². The predicted octanol–water partition coefficient (Wildman–Crippen LogP) is 3.03. The number of nitrogens with zero attached hydrogens (tertiary/aromatic N) is 3. The Morgan fingerprint density at radius 2 is 2.06 bits per heavy atom. The lowest BCUT2D eigenvalue weighted by Crippen LogP contribution is -2.00. The van der Waals surface area contributed by atoms with E-state index in [4.69, 9.17) is 12.2 Å². The molecule has 0 atom stereocenters. The number of aryl methyl sites for hydroxylation is 1. The van der Waals surface area contributed by atoms with Gasteiger partial charge in [0.15, 0.2) is 5.82 Å². The average molecular weight is 246 g/mol. The smallest absolute Gasteiger partial charge is 0.157 e. The van der Waals surface area contributed by atoms with Crippen molar-refractivity contribution in [3.63, 3.8) is 0 Å². The molecule has 2 aromatic rings. The van der Waals surface area contributed by atoms with Gasteiger partial charge in [-0.1, -0.05) is 26.1 Å². The molecule has 5 heteroatoms. The van der Waals surface area contributed by atoms with E-state index in [0.717, 1.165) is 17.2 Å². The summed E-state index contributed by atoms with van der Waals surface area (Å²) in [5.41, 5.74) is 1.84. The van der Waals surface area contributed by atoms with Gasteiger partial charge in [0, 0.05) is 11.9 Å². The number of nitrogens with one attached hydrogen (secondary N) is 1. The van der Waals surface area contributed by atoms with Crippen molar-refractivity contribution < 1.29 is 0 Å². The summed E-state index contributed by atoms with van der Waals surface area (Å²) in [5, 5.41) is 0. The molecule has 1 N–H and O–H groups in total. The summed E-state index contributed by atoms with van der Waals surface area (Å²) in [6.07, 6.45) is 1.72. The van der Waals surface area contributed by atoms with Crippen molar-refractivity contribution in [3.05, 3.63) is 34.5 Å². The molecule has 2 heterocycles. The van der Waals surface area contributed by atoms with Crippen molar-refractivity contribution in [2.24, 2.45) is 0 Å². The Hall–Kier alpha value is -1.62. The van der Waals surface area contributed by atoms with Gasteiger partial charge in [0.25, 0.3) is 0 Å². The minimum absolute atomic E-state index is 0.376. The molecule has 0 bridgehead atoms. The first-order valence-electron chi connectivity index (χ1n) is 5.47.